The van der Waals surface area contributed by atoms with E-state index >= 15 is 0 Å². The summed E-state index contributed by atoms with van der Waals surface area (Å²) in [6.07, 6.45) is 0.250. The average molecular weight is 79.1 g/mol. The summed E-state index contributed by atoms with van der Waals surface area (Å²) < 4.78 is 10.1. The first-order valence-corrected chi connectivity index (χ1v) is 0.885. The molecule has 0 atom stereocenters. The van der Waals surface area contributed by atoms with Crippen molar-refractivity contribution in [3.05, 3.63) is 12.9 Å². The van der Waals surface area contributed by atoms with Crippen molar-refractivity contribution in [3.8, 4) is 0 Å². The van der Waals surface area contributed by atoms with Crippen LogP contribution in [0.3, 0.4) is 0 Å². The molecule has 0 heterocycles. The number of rotatable bonds is 0. The summed E-state index contributed by atoms with van der Waals surface area (Å²) in [7, 11) is 0. The third kappa shape index (κ3) is 54.0. The maximum Gasteiger partial charge on any atom is 0.0795 e. The molecule has 3 heteroatoms. The fourth-order valence-corrected chi connectivity index (χ4v) is 0. The van der Waals surface area contributed by atoms with Crippen molar-refractivity contribution in [2.24, 2.45) is 5.90 Å². The molecule has 0 aromatic rings. The normalized spacial score (nSPS) is 3.80. The molecule has 0 amide bonds. The lowest BCUT2D eigenvalue weighted by Gasteiger charge is -1.28. The monoisotopic (exact) mass is 79.0 g/mol. The molecule has 0 saturated carbocycles. The van der Waals surface area contributed by atoms with Gasteiger partial charge in [0.1, 0.15) is 0 Å². The van der Waals surface area contributed by atoms with Crippen molar-refractivity contribution < 1.29 is 9.60 Å². The molecule has 0 aliphatic carbocycles. The molecule has 3 N–H and O–H groups in total. The molecule has 0 unspecified atom stereocenters. The number of nitrogens with two attached hydrogens (primary N) is 1. The SMILES string of the molecule is C=CF.NO. The second-order valence-electron chi connectivity index (χ2n) is 0.154. The number of hydrogen-bond acceptors (Lipinski definition) is 2. The molecule has 0 saturated heterocycles. The molecule has 32 valence electrons. The molecule has 0 aromatic carbocycles. The first kappa shape index (κ1) is 8.82. The van der Waals surface area contributed by atoms with E-state index in [1.54, 1.807) is 0 Å². The summed E-state index contributed by atoms with van der Waals surface area (Å²) in [6.45, 7) is 2.69. The highest BCUT2D eigenvalue weighted by Gasteiger charge is 1.19. The van der Waals surface area contributed by atoms with E-state index in [0.717, 1.165) is 0 Å². The standard InChI is InChI=1S/C2H3F.H3NO/c1-2-3;1-2/h2H,1H2;2H,1H2. The largest absolute Gasteiger partial charge is 0.320 e. The van der Waals surface area contributed by atoms with Crippen LogP contribution in [0.1, 0.15) is 0 Å². The first-order valence-electron chi connectivity index (χ1n) is 0.885. The van der Waals surface area contributed by atoms with Gasteiger partial charge in [0.2, 0.25) is 0 Å². The quantitative estimate of drug-likeness (QED) is 0.414. The zero-order chi connectivity index (χ0) is 4.71. The summed E-state index contributed by atoms with van der Waals surface area (Å²) in [4.78, 5) is 0. The summed E-state index contributed by atoms with van der Waals surface area (Å²) in [5.74, 6) is 3.50. The lowest BCUT2D eigenvalue weighted by Crippen LogP contribution is -1.72. The molecule has 0 aromatic heterocycles. The summed E-state index contributed by atoms with van der Waals surface area (Å²) >= 11 is 0. The smallest absolute Gasteiger partial charge is 0.0795 e. The van der Waals surface area contributed by atoms with Gasteiger partial charge < -0.3 is 5.21 Å². The van der Waals surface area contributed by atoms with E-state index in [1.807, 2.05) is 0 Å². The Morgan fingerprint density at radius 2 is 1.80 bits per heavy atom. The predicted octanol–water partition coefficient (Wildman–Crippen LogP) is 0.434. The van der Waals surface area contributed by atoms with Gasteiger partial charge in [-0.05, 0) is 0 Å². The summed E-state index contributed by atoms with van der Waals surface area (Å²) in [5.41, 5.74) is 0. The van der Waals surface area contributed by atoms with Gasteiger partial charge in [-0.25, -0.2) is 10.3 Å². The molecule has 0 spiro atoms. The minimum absolute atomic E-state index is 0.250. The van der Waals surface area contributed by atoms with Crippen LogP contribution >= 0.6 is 0 Å². The van der Waals surface area contributed by atoms with E-state index in [0.29, 0.717) is 0 Å². The van der Waals surface area contributed by atoms with E-state index < -0.39 is 0 Å². The average Bonchev–Trinajstić information content (AvgIpc) is 1.46. The van der Waals surface area contributed by atoms with Gasteiger partial charge in [0.15, 0.2) is 0 Å². The third-order valence-electron chi connectivity index (χ3n) is 0. The molecule has 0 rings (SSSR count). The molecular formula is C2H6FNO. The Bertz CT molecular complexity index is 17.1. The highest BCUT2D eigenvalue weighted by Crippen LogP contribution is 1.48. The Labute approximate surface area is 29.7 Å². The molecule has 5 heavy (non-hydrogen) atoms. The topological polar surface area (TPSA) is 46.2 Å². The van der Waals surface area contributed by atoms with Gasteiger partial charge in [0.25, 0.3) is 0 Å². The van der Waals surface area contributed by atoms with E-state index in [9.17, 15) is 4.39 Å². The Morgan fingerprint density at radius 3 is 1.80 bits per heavy atom. The summed E-state index contributed by atoms with van der Waals surface area (Å²) in [6, 6.07) is 0. The third-order valence-corrected chi connectivity index (χ3v) is 0. The first-order chi connectivity index (χ1) is 2.41. The number of hydrogen-bond donors (Lipinski definition) is 2. The minimum Gasteiger partial charge on any atom is -0.320 e. The van der Waals surface area contributed by atoms with Gasteiger partial charge in [-0.1, -0.05) is 6.58 Å². The van der Waals surface area contributed by atoms with Crippen LogP contribution < -0.4 is 5.90 Å². The van der Waals surface area contributed by atoms with Crippen molar-refractivity contribution in [3.63, 3.8) is 0 Å². The van der Waals surface area contributed by atoms with E-state index in [2.05, 4.69) is 12.5 Å². The maximum absolute atomic E-state index is 10.1. The van der Waals surface area contributed by atoms with Crippen LogP contribution in [-0.4, -0.2) is 5.21 Å². The lowest BCUT2D eigenvalue weighted by molar-refractivity contribution is 0.311. The summed E-state index contributed by atoms with van der Waals surface area (Å²) in [5, 5.41) is 6.50. The highest BCUT2D eigenvalue weighted by molar-refractivity contribution is 4.39. The van der Waals surface area contributed by atoms with Crippen LogP contribution in [0.2, 0.25) is 0 Å². The van der Waals surface area contributed by atoms with Crippen molar-refractivity contribution >= 4 is 0 Å². The zero-order valence-electron chi connectivity index (χ0n) is 2.69. The Morgan fingerprint density at radius 1 is 1.80 bits per heavy atom. The molecule has 2 nitrogen and oxygen atoms in total. The molecule has 0 bridgehead atoms. The fourth-order valence-electron chi connectivity index (χ4n) is 0. The van der Waals surface area contributed by atoms with Crippen LogP contribution in [-0.2, 0) is 0 Å². The van der Waals surface area contributed by atoms with Crippen LogP contribution in [0.15, 0.2) is 12.9 Å². The molecule has 0 radical (unpaired) electrons. The fraction of sp³-hybridized carbons (Fsp3) is 0. The Balaban J connectivity index is 0. The van der Waals surface area contributed by atoms with Crippen LogP contribution in [0, 0.1) is 0 Å². The van der Waals surface area contributed by atoms with Crippen LogP contribution in [0.5, 0.6) is 0 Å². The second-order valence-corrected chi connectivity index (χ2v) is 0.154. The molecule has 0 fully saturated rings. The van der Waals surface area contributed by atoms with Crippen molar-refractivity contribution in [1.29, 1.82) is 0 Å². The van der Waals surface area contributed by atoms with Crippen LogP contribution in [0.4, 0.5) is 4.39 Å². The molecule has 0 aliphatic heterocycles. The van der Waals surface area contributed by atoms with E-state index in [4.69, 9.17) is 5.21 Å². The molecular weight excluding hydrogens is 73.0 g/mol. The van der Waals surface area contributed by atoms with Crippen molar-refractivity contribution in [2.75, 3.05) is 0 Å². The minimum atomic E-state index is 0.250. The highest BCUT2D eigenvalue weighted by atomic mass is 19.1. The van der Waals surface area contributed by atoms with Gasteiger partial charge in [-0.15, -0.1) is 0 Å². The Kier molecular flexibility index (Phi) is 122. The molecule has 0 aliphatic rings. The second kappa shape index (κ2) is 69.2. The van der Waals surface area contributed by atoms with Gasteiger partial charge in [-0.3, -0.25) is 0 Å². The van der Waals surface area contributed by atoms with Gasteiger partial charge >= 0.3 is 0 Å². The van der Waals surface area contributed by atoms with Gasteiger partial charge in [0, 0.05) is 0 Å². The van der Waals surface area contributed by atoms with Crippen molar-refractivity contribution in [2.45, 2.75) is 0 Å². The van der Waals surface area contributed by atoms with Crippen molar-refractivity contribution in [1.82, 2.24) is 0 Å². The number of halogens is 1. The van der Waals surface area contributed by atoms with Gasteiger partial charge in [-0.2, -0.15) is 0 Å². The van der Waals surface area contributed by atoms with E-state index in [1.165, 1.54) is 0 Å². The van der Waals surface area contributed by atoms with Gasteiger partial charge in [0.05, 0.1) is 6.33 Å². The Hall–Kier alpha value is -0.410. The van der Waals surface area contributed by atoms with Crippen LogP contribution in [0.25, 0.3) is 0 Å². The zero-order valence-corrected chi connectivity index (χ0v) is 2.69. The predicted molar refractivity (Wildman–Crippen MR) is 17.3 cm³/mol. The van der Waals surface area contributed by atoms with E-state index in [-0.39, 0.29) is 6.33 Å². The lowest BCUT2D eigenvalue weighted by atomic mass is 11.2. The maximum atomic E-state index is 10.1.